The Morgan fingerprint density at radius 1 is 1.03 bits per heavy atom. The van der Waals surface area contributed by atoms with Crippen LogP contribution < -0.4 is 20.1 Å². The van der Waals surface area contributed by atoms with Crippen molar-refractivity contribution in [1.82, 2.24) is 15.0 Å². The number of aromatic nitrogens is 3. The third-order valence-electron chi connectivity index (χ3n) is 4.20. The van der Waals surface area contributed by atoms with Gasteiger partial charge < -0.3 is 20.1 Å². The van der Waals surface area contributed by atoms with E-state index < -0.39 is 5.91 Å². The molecule has 0 fully saturated rings. The van der Waals surface area contributed by atoms with Gasteiger partial charge in [0.05, 0.1) is 25.6 Å². The minimum atomic E-state index is -0.438. The lowest BCUT2D eigenvalue weighted by molar-refractivity contribution is -0.117. The van der Waals surface area contributed by atoms with E-state index in [4.69, 9.17) is 9.47 Å². The molecule has 150 valence electrons. The van der Waals surface area contributed by atoms with Gasteiger partial charge in [0.2, 0.25) is 5.91 Å². The van der Waals surface area contributed by atoms with Crippen LogP contribution in [0, 0.1) is 6.92 Å². The van der Waals surface area contributed by atoms with Crippen LogP contribution in [0.4, 0.5) is 11.4 Å². The lowest BCUT2D eigenvalue weighted by Crippen LogP contribution is -2.21. The third-order valence-corrected chi connectivity index (χ3v) is 4.20. The highest BCUT2D eigenvalue weighted by atomic mass is 16.5. The molecular formula is C20H21N5O4. The molecular weight excluding hydrogens is 374 g/mol. The van der Waals surface area contributed by atoms with Gasteiger partial charge in [-0.3, -0.25) is 9.59 Å². The van der Waals surface area contributed by atoms with Crippen molar-refractivity contribution in [1.29, 1.82) is 0 Å². The van der Waals surface area contributed by atoms with Crippen molar-refractivity contribution in [3.63, 3.8) is 0 Å². The maximum atomic E-state index is 12.6. The van der Waals surface area contributed by atoms with Crippen LogP contribution in [0.2, 0.25) is 0 Å². The van der Waals surface area contributed by atoms with Crippen molar-refractivity contribution >= 4 is 23.2 Å². The number of carbonyl (C=O) groups excluding carboxylic acids is 2. The summed E-state index contributed by atoms with van der Waals surface area (Å²) in [5.41, 5.74) is 1.72. The van der Waals surface area contributed by atoms with Crippen molar-refractivity contribution in [2.75, 3.05) is 24.9 Å². The summed E-state index contributed by atoms with van der Waals surface area (Å²) in [4.78, 5) is 24.9. The standard InChI is InChI=1S/C20H21N5O4/c1-13-19(20(27)22-16-9-4-5-10-17(16)29-3)23-24-25(13)12-18(26)21-14-7-6-8-15(11-14)28-2/h4-11H,12H2,1-3H3,(H,21,26)(H,22,27). The van der Waals surface area contributed by atoms with Gasteiger partial charge in [0.1, 0.15) is 18.0 Å². The number of carbonyl (C=O) groups is 2. The first kappa shape index (κ1) is 19.9. The van der Waals surface area contributed by atoms with Crippen molar-refractivity contribution < 1.29 is 19.1 Å². The SMILES string of the molecule is COc1cccc(NC(=O)Cn2nnc(C(=O)Nc3ccccc3OC)c2C)c1. The summed E-state index contributed by atoms with van der Waals surface area (Å²) in [5, 5.41) is 13.3. The summed E-state index contributed by atoms with van der Waals surface area (Å²) >= 11 is 0. The van der Waals surface area contributed by atoms with Gasteiger partial charge in [0.25, 0.3) is 5.91 Å². The topological polar surface area (TPSA) is 107 Å². The second-order valence-corrected chi connectivity index (χ2v) is 6.12. The van der Waals surface area contributed by atoms with E-state index in [1.807, 2.05) is 0 Å². The number of hydrogen-bond donors (Lipinski definition) is 2. The number of ether oxygens (including phenoxy) is 2. The molecule has 0 bridgehead atoms. The molecule has 0 saturated heterocycles. The van der Waals surface area contributed by atoms with Crippen LogP contribution in [-0.4, -0.2) is 41.0 Å². The summed E-state index contributed by atoms with van der Waals surface area (Å²) in [6.45, 7) is 1.59. The van der Waals surface area contributed by atoms with Gasteiger partial charge in [0, 0.05) is 11.8 Å². The van der Waals surface area contributed by atoms with Gasteiger partial charge in [-0.05, 0) is 31.2 Å². The average molecular weight is 395 g/mol. The summed E-state index contributed by atoms with van der Waals surface area (Å²) < 4.78 is 11.7. The maximum Gasteiger partial charge on any atom is 0.278 e. The molecule has 9 nitrogen and oxygen atoms in total. The van der Waals surface area contributed by atoms with Gasteiger partial charge in [-0.1, -0.05) is 23.4 Å². The largest absolute Gasteiger partial charge is 0.497 e. The number of benzene rings is 2. The molecule has 2 N–H and O–H groups in total. The molecule has 0 aliphatic carbocycles. The fraction of sp³-hybridized carbons (Fsp3) is 0.200. The van der Waals surface area contributed by atoms with Crippen LogP contribution in [0.15, 0.2) is 48.5 Å². The zero-order valence-electron chi connectivity index (χ0n) is 16.3. The molecule has 0 radical (unpaired) electrons. The Morgan fingerprint density at radius 3 is 2.59 bits per heavy atom. The van der Waals surface area contributed by atoms with Crippen molar-refractivity contribution in [3.05, 3.63) is 59.9 Å². The van der Waals surface area contributed by atoms with E-state index in [-0.39, 0.29) is 18.1 Å². The number of methoxy groups -OCH3 is 2. The second kappa shape index (κ2) is 8.87. The zero-order chi connectivity index (χ0) is 20.8. The number of nitrogens with zero attached hydrogens (tertiary/aromatic N) is 3. The Labute approximate surface area is 167 Å². The monoisotopic (exact) mass is 395 g/mol. The summed E-state index contributed by atoms with van der Waals surface area (Å²) in [5.74, 6) is 0.424. The average Bonchev–Trinajstić information content (AvgIpc) is 3.08. The van der Waals surface area contributed by atoms with Gasteiger partial charge in [0.15, 0.2) is 5.69 Å². The number of amides is 2. The lowest BCUT2D eigenvalue weighted by atomic mass is 10.2. The molecule has 0 unspecified atom stereocenters. The van der Waals surface area contributed by atoms with Crippen LogP contribution in [0.25, 0.3) is 0 Å². The maximum absolute atomic E-state index is 12.6. The Morgan fingerprint density at radius 2 is 1.83 bits per heavy atom. The van der Waals surface area contributed by atoms with E-state index in [0.29, 0.717) is 28.6 Å². The molecule has 1 aromatic heterocycles. The van der Waals surface area contributed by atoms with Gasteiger partial charge in [-0.2, -0.15) is 0 Å². The summed E-state index contributed by atoms with van der Waals surface area (Å²) in [6, 6.07) is 14.1. The van der Waals surface area contributed by atoms with Crippen LogP contribution in [0.3, 0.4) is 0 Å². The molecule has 2 amide bonds. The minimum absolute atomic E-state index is 0.0853. The zero-order valence-corrected chi connectivity index (χ0v) is 16.3. The molecule has 0 spiro atoms. The predicted molar refractivity (Wildman–Crippen MR) is 107 cm³/mol. The second-order valence-electron chi connectivity index (χ2n) is 6.12. The molecule has 29 heavy (non-hydrogen) atoms. The van der Waals surface area contributed by atoms with Gasteiger partial charge >= 0.3 is 0 Å². The first-order valence-corrected chi connectivity index (χ1v) is 8.80. The molecule has 9 heteroatoms. The first-order valence-electron chi connectivity index (χ1n) is 8.80. The number of para-hydroxylation sites is 2. The highest BCUT2D eigenvalue weighted by molar-refractivity contribution is 6.04. The van der Waals surface area contributed by atoms with E-state index in [1.54, 1.807) is 62.6 Å². The highest BCUT2D eigenvalue weighted by Crippen LogP contribution is 2.23. The molecule has 0 atom stereocenters. The molecule has 1 heterocycles. The number of nitrogens with one attached hydrogen (secondary N) is 2. The third kappa shape index (κ3) is 4.70. The van der Waals surface area contributed by atoms with Gasteiger partial charge in [-0.15, -0.1) is 5.10 Å². The lowest BCUT2D eigenvalue weighted by Gasteiger charge is -2.09. The Kier molecular flexibility index (Phi) is 6.08. The number of anilines is 2. The molecule has 0 aliphatic rings. The van der Waals surface area contributed by atoms with E-state index in [1.165, 1.54) is 11.8 Å². The summed E-state index contributed by atoms with van der Waals surface area (Å²) in [6.07, 6.45) is 0. The van der Waals surface area contributed by atoms with E-state index in [2.05, 4.69) is 20.9 Å². The normalized spacial score (nSPS) is 10.3. The predicted octanol–water partition coefficient (Wildman–Crippen LogP) is 2.49. The Bertz CT molecular complexity index is 1030. The van der Waals surface area contributed by atoms with E-state index in [0.717, 1.165) is 0 Å². The molecule has 3 rings (SSSR count). The first-order chi connectivity index (χ1) is 14.0. The fourth-order valence-electron chi connectivity index (χ4n) is 2.69. The van der Waals surface area contributed by atoms with Gasteiger partial charge in [-0.25, -0.2) is 4.68 Å². The minimum Gasteiger partial charge on any atom is -0.497 e. The fourth-order valence-corrected chi connectivity index (χ4v) is 2.69. The van der Waals surface area contributed by atoms with Crippen molar-refractivity contribution in [2.24, 2.45) is 0 Å². The Balaban J connectivity index is 1.68. The van der Waals surface area contributed by atoms with Crippen LogP contribution in [0.1, 0.15) is 16.2 Å². The highest BCUT2D eigenvalue weighted by Gasteiger charge is 2.19. The number of hydrogen-bond acceptors (Lipinski definition) is 6. The molecule has 2 aromatic carbocycles. The van der Waals surface area contributed by atoms with Crippen molar-refractivity contribution in [3.8, 4) is 11.5 Å². The molecule has 0 saturated carbocycles. The van der Waals surface area contributed by atoms with Crippen LogP contribution in [-0.2, 0) is 11.3 Å². The molecule has 0 aliphatic heterocycles. The van der Waals surface area contributed by atoms with Crippen LogP contribution in [0.5, 0.6) is 11.5 Å². The molecule has 3 aromatic rings. The quantitative estimate of drug-likeness (QED) is 0.636. The Hall–Kier alpha value is -3.88. The number of rotatable bonds is 7. The van der Waals surface area contributed by atoms with Crippen molar-refractivity contribution in [2.45, 2.75) is 13.5 Å². The van der Waals surface area contributed by atoms with E-state index >= 15 is 0 Å². The van der Waals surface area contributed by atoms with Crippen LogP contribution >= 0.6 is 0 Å². The van der Waals surface area contributed by atoms with E-state index in [9.17, 15) is 9.59 Å². The smallest absolute Gasteiger partial charge is 0.278 e. The summed E-state index contributed by atoms with van der Waals surface area (Å²) in [7, 11) is 3.07.